The van der Waals surface area contributed by atoms with Crippen LogP contribution < -0.4 is 14.2 Å². The van der Waals surface area contributed by atoms with Crippen molar-refractivity contribution in [1.29, 1.82) is 0 Å². The second kappa shape index (κ2) is 10.00. The Balaban J connectivity index is 1.65. The quantitative estimate of drug-likeness (QED) is 0.325. The first-order valence-corrected chi connectivity index (χ1v) is 10.9. The number of rotatable bonds is 8. The largest absolute Gasteiger partial charge is 0.490 e. The van der Waals surface area contributed by atoms with Crippen LogP contribution in [0.1, 0.15) is 23.6 Å². The summed E-state index contributed by atoms with van der Waals surface area (Å²) in [5.41, 5.74) is 3.16. The molecular formula is C23H25NO4S2. The summed E-state index contributed by atoms with van der Waals surface area (Å²) in [6, 6.07) is 11.7. The van der Waals surface area contributed by atoms with Gasteiger partial charge in [0.25, 0.3) is 5.91 Å². The highest BCUT2D eigenvalue weighted by molar-refractivity contribution is 8.26. The third kappa shape index (κ3) is 5.34. The van der Waals surface area contributed by atoms with E-state index in [1.54, 1.807) is 7.05 Å². The molecule has 3 rings (SSSR count). The average Bonchev–Trinajstić information content (AvgIpc) is 2.95. The molecule has 1 heterocycles. The molecule has 7 heteroatoms. The van der Waals surface area contributed by atoms with Crippen LogP contribution in [0.3, 0.4) is 0 Å². The molecule has 0 aliphatic carbocycles. The van der Waals surface area contributed by atoms with Crippen LogP contribution in [0.4, 0.5) is 0 Å². The van der Waals surface area contributed by atoms with Gasteiger partial charge in [0, 0.05) is 7.05 Å². The SMILES string of the molecule is CCOc1cc(/C=C2\SC(=S)N(C)C2=O)ccc1OCCOc1ccc(C)cc1C. The van der Waals surface area contributed by atoms with E-state index in [0.717, 1.165) is 16.9 Å². The highest BCUT2D eigenvalue weighted by Gasteiger charge is 2.28. The van der Waals surface area contributed by atoms with Crippen molar-refractivity contribution in [3.63, 3.8) is 0 Å². The number of aryl methyl sites for hydroxylation is 2. The molecule has 0 spiro atoms. The molecule has 1 aliphatic rings. The average molecular weight is 444 g/mol. The van der Waals surface area contributed by atoms with Gasteiger partial charge in [-0.15, -0.1) is 0 Å². The molecule has 1 fully saturated rings. The number of carbonyl (C=O) groups is 1. The third-order valence-electron chi connectivity index (χ3n) is 4.48. The van der Waals surface area contributed by atoms with Gasteiger partial charge < -0.3 is 14.2 Å². The lowest BCUT2D eigenvalue weighted by molar-refractivity contribution is -0.121. The number of likely N-dealkylation sites (N-methyl/N-ethyl adjacent to an activating group) is 1. The first kappa shape index (κ1) is 22.2. The predicted octanol–water partition coefficient (Wildman–Crippen LogP) is 4.99. The molecular weight excluding hydrogens is 418 g/mol. The number of thiocarbonyl (C=S) groups is 1. The molecule has 2 aromatic rings. The number of carbonyl (C=O) groups excluding carboxylic acids is 1. The van der Waals surface area contributed by atoms with Gasteiger partial charge in [-0.2, -0.15) is 0 Å². The van der Waals surface area contributed by atoms with E-state index in [2.05, 4.69) is 13.0 Å². The lowest BCUT2D eigenvalue weighted by atomic mass is 10.1. The molecule has 2 aromatic carbocycles. The smallest absolute Gasteiger partial charge is 0.265 e. The van der Waals surface area contributed by atoms with E-state index in [4.69, 9.17) is 26.4 Å². The molecule has 5 nitrogen and oxygen atoms in total. The molecule has 1 aliphatic heterocycles. The number of ether oxygens (including phenoxy) is 3. The Labute approximate surface area is 187 Å². The van der Waals surface area contributed by atoms with Crippen molar-refractivity contribution in [3.8, 4) is 17.2 Å². The van der Waals surface area contributed by atoms with E-state index in [-0.39, 0.29) is 5.91 Å². The van der Waals surface area contributed by atoms with E-state index in [0.29, 0.717) is 40.5 Å². The van der Waals surface area contributed by atoms with Crippen molar-refractivity contribution in [2.24, 2.45) is 0 Å². The fourth-order valence-electron chi connectivity index (χ4n) is 2.96. The van der Waals surface area contributed by atoms with Gasteiger partial charge in [-0.1, -0.05) is 47.7 Å². The Morgan fingerprint density at radius 2 is 1.70 bits per heavy atom. The number of hydrogen-bond donors (Lipinski definition) is 0. The van der Waals surface area contributed by atoms with Crippen LogP contribution in [0.2, 0.25) is 0 Å². The molecule has 1 saturated heterocycles. The lowest BCUT2D eigenvalue weighted by Crippen LogP contribution is -2.22. The van der Waals surface area contributed by atoms with Gasteiger partial charge >= 0.3 is 0 Å². The Morgan fingerprint density at radius 1 is 1.00 bits per heavy atom. The molecule has 0 atom stereocenters. The maximum Gasteiger partial charge on any atom is 0.265 e. The van der Waals surface area contributed by atoms with Crippen LogP contribution in [0.15, 0.2) is 41.3 Å². The molecule has 1 amide bonds. The molecule has 0 aromatic heterocycles. The van der Waals surface area contributed by atoms with E-state index in [9.17, 15) is 4.79 Å². The van der Waals surface area contributed by atoms with E-state index >= 15 is 0 Å². The summed E-state index contributed by atoms with van der Waals surface area (Å²) in [4.78, 5) is 14.3. The van der Waals surface area contributed by atoms with Crippen molar-refractivity contribution >= 4 is 40.3 Å². The lowest BCUT2D eigenvalue weighted by Gasteiger charge is -2.14. The Bertz CT molecular complexity index is 987. The van der Waals surface area contributed by atoms with Gasteiger partial charge in [0.15, 0.2) is 11.5 Å². The number of hydrogen-bond acceptors (Lipinski definition) is 6. The Kier molecular flexibility index (Phi) is 7.39. The Hall–Kier alpha value is -2.51. The summed E-state index contributed by atoms with van der Waals surface area (Å²) in [5, 5.41) is 0. The van der Waals surface area contributed by atoms with Crippen molar-refractivity contribution in [1.82, 2.24) is 4.90 Å². The van der Waals surface area contributed by atoms with Crippen molar-refractivity contribution < 1.29 is 19.0 Å². The summed E-state index contributed by atoms with van der Waals surface area (Å²) in [6.45, 7) is 7.33. The van der Waals surface area contributed by atoms with Crippen LogP contribution in [0.5, 0.6) is 17.2 Å². The zero-order valence-electron chi connectivity index (χ0n) is 17.6. The number of nitrogens with zero attached hydrogens (tertiary/aromatic N) is 1. The maximum absolute atomic E-state index is 12.2. The summed E-state index contributed by atoms with van der Waals surface area (Å²) in [7, 11) is 1.68. The van der Waals surface area contributed by atoms with Crippen LogP contribution in [0.25, 0.3) is 6.08 Å². The van der Waals surface area contributed by atoms with Crippen LogP contribution in [0, 0.1) is 13.8 Å². The Morgan fingerprint density at radius 3 is 2.33 bits per heavy atom. The second-order valence-electron chi connectivity index (χ2n) is 6.85. The predicted molar refractivity (Wildman–Crippen MR) is 125 cm³/mol. The van der Waals surface area contributed by atoms with Crippen LogP contribution >= 0.6 is 24.0 Å². The van der Waals surface area contributed by atoms with Crippen LogP contribution in [-0.4, -0.2) is 42.0 Å². The minimum atomic E-state index is -0.0909. The first-order valence-electron chi connectivity index (χ1n) is 9.70. The monoisotopic (exact) mass is 443 g/mol. The van der Waals surface area contributed by atoms with Gasteiger partial charge in [-0.3, -0.25) is 9.69 Å². The van der Waals surface area contributed by atoms with Crippen molar-refractivity contribution in [3.05, 3.63) is 58.0 Å². The maximum atomic E-state index is 12.2. The number of amides is 1. The zero-order valence-corrected chi connectivity index (χ0v) is 19.2. The normalized spacial score (nSPS) is 15.1. The minimum absolute atomic E-state index is 0.0909. The van der Waals surface area contributed by atoms with Gasteiger partial charge in [-0.25, -0.2) is 0 Å². The highest BCUT2D eigenvalue weighted by Crippen LogP contribution is 2.34. The number of thioether (sulfide) groups is 1. The molecule has 0 bridgehead atoms. The summed E-state index contributed by atoms with van der Waals surface area (Å²) >= 11 is 6.48. The van der Waals surface area contributed by atoms with Crippen molar-refractivity contribution in [2.45, 2.75) is 20.8 Å². The fourth-order valence-corrected chi connectivity index (χ4v) is 4.14. The summed E-state index contributed by atoms with van der Waals surface area (Å²) < 4.78 is 18.0. The van der Waals surface area contributed by atoms with Gasteiger partial charge in [0.05, 0.1) is 11.5 Å². The molecule has 0 unspecified atom stereocenters. The summed E-state index contributed by atoms with van der Waals surface area (Å²) in [5.74, 6) is 2.04. The minimum Gasteiger partial charge on any atom is -0.490 e. The third-order valence-corrected chi connectivity index (χ3v) is 5.97. The van der Waals surface area contributed by atoms with Gasteiger partial charge in [0.1, 0.15) is 23.3 Å². The van der Waals surface area contributed by atoms with Crippen LogP contribution in [-0.2, 0) is 4.79 Å². The van der Waals surface area contributed by atoms with Crippen molar-refractivity contribution in [2.75, 3.05) is 26.9 Å². The van der Waals surface area contributed by atoms with E-state index in [1.165, 1.54) is 22.2 Å². The standard InChI is InChI=1S/C23H25NO4S2/c1-5-26-20-13-17(14-21-22(25)24(4)23(29)30-21)7-9-19(20)28-11-10-27-18-8-6-15(2)12-16(18)3/h6-9,12-14H,5,10-11H2,1-4H3/b21-14-. The van der Waals surface area contributed by atoms with E-state index in [1.807, 2.05) is 50.3 Å². The topological polar surface area (TPSA) is 48.0 Å². The van der Waals surface area contributed by atoms with Gasteiger partial charge in [0.2, 0.25) is 0 Å². The molecule has 0 radical (unpaired) electrons. The second-order valence-corrected chi connectivity index (χ2v) is 8.52. The molecule has 0 saturated carbocycles. The van der Waals surface area contributed by atoms with E-state index < -0.39 is 0 Å². The molecule has 0 N–H and O–H groups in total. The van der Waals surface area contributed by atoms with Gasteiger partial charge in [-0.05, 0) is 56.2 Å². The first-order chi connectivity index (χ1) is 14.4. The summed E-state index contributed by atoms with van der Waals surface area (Å²) in [6.07, 6.45) is 1.82. The highest BCUT2D eigenvalue weighted by atomic mass is 32.2. The zero-order chi connectivity index (χ0) is 21.7. The fraction of sp³-hybridized carbons (Fsp3) is 0.304. The molecule has 30 heavy (non-hydrogen) atoms. The molecule has 158 valence electrons. The number of benzene rings is 2.